The van der Waals surface area contributed by atoms with Crippen molar-refractivity contribution in [1.82, 2.24) is 0 Å². The van der Waals surface area contributed by atoms with Gasteiger partial charge in [0.15, 0.2) is 0 Å². The van der Waals surface area contributed by atoms with Crippen molar-refractivity contribution in [1.29, 1.82) is 0 Å². The normalized spacial score (nSPS) is 15.2. The van der Waals surface area contributed by atoms with Crippen molar-refractivity contribution in [3.05, 3.63) is 33.8 Å². The molecular weight excluding hydrogens is 219 g/mol. The summed E-state index contributed by atoms with van der Waals surface area (Å²) in [7, 11) is 0. The summed E-state index contributed by atoms with van der Waals surface area (Å²) in [6.07, 6.45) is 0.369. The van der Waals surface area contributed by atoms with Crippen molar-refractivity contribution in [3.8, 4) is 0 Å². The Labute approximate surface area is 94.7 Å². The van der Waals surface area contributed by atoms with Gasteiger partial charge in [-0.2, -0.15) is 0 Å². The molecule has 0 radical (unpaired) electrons. The van der Waals surface area contributed by atoms with Crippen LogP contribution < -0.4 is 0 Å². The Hall–Kier alpha value is -0.240. The molecule has 1 rings (SSSR count). The second-order valence-electron chi connectivity index (χ2n) is 3.43. The summed E-state index contributed by atoms with van der Waals surface area (Å²) in [5, 5.41) is 10.9. The maximum atomic E-state index is 9.68. The first-order chi connectivity index (χ1) is 6.56. The van der Waals surface area contributed by atoms with E-state index in [1.165, 1.54) is 0 Å². The van der Waals surface area contributed by atoms with Gasteiger partial charge in [0.2, 0.25) is 0 Å². The fourth-order valence-electron chi connectivity index (χ4n) is 1.43. The molecule has 0 amide bonds. The van der Waals surface area contributed by atoms with Gasteiger partial charge in [-0.3, -0.25) is 0 Å². The van der Waals surface area contributed by atoms with Crippen molar-refractivity contribution < 1.29 is 5.11 Å². The van der Waals surface area contributed by atoms with E-state index in [1.807, 2.05) is 19.9 Å². The molecule has 78 valence electrons. The van der Waals surface area contributed by atoms with E-state index in [-0.39, 0.29) is 12.0 Å². The third-order valence-electron chi connectivity index (χ3n) is 2.45. The number of aliphatic hydroxyl groups excluding tert-OH is 1. The largest absolute Gasteiger partial charge is 0.393 e. The van der Waals surface area contributed by atoms with E-state index in [2.05, 4.69) is 0 Å². The van der Waals surface area contributed by atoms with Gasteiger partial charge in [0.1, 0.15) is 0 Å². The zero-order chi connectivity index (χ0) is 10.7. The average molecular weight is 233 g/mol. The molecule has 1 nitrogen and oxygen atoms in total. The van der Waals surface area contributed by atoms with Crippen LogP contribution in [0.3, 0.4) is 0 Å². The van der Waals surface area contributed by atoms with E-state index in [0.717, 1.165) is 12.0 Å². The van der Waals surface area contributed by atoms with Crippen LogP contribution in [0.1, 0.15) is 31.7 Å². The lowest BCUT2D eigenvalue weighted by Gasteiger charge is -2.18. The third-order valence-corrected chi connectivity index (χ3v) is 3.01. The van der Waals surface area contributed by atoms with Crippen LogP contribution in [0.4, 0.5) is 0 Å². The zero-order valence-electron chi connectivity index (χ0n) is 8.30. The molecule has 2 atom stereocenters. The Balaban J connectivity index is 2.95. The molecule has 0 fully saturated rings. The molecule has 0 aliphatic rings. The predicted molar refractivity (Wildman–Crippen MR) is 61.2 cm³/mol. The molecule has 14 heavy (non-hydrogen) atoms. The van der Waals surface area contributed by atoms with Crippen LogP contribution in [0.25, 0.3) is 0 Å². The second kappa shape index (κ2) is 5.01. The lowest BCUT2D eigenvalue weighted by molar-refractivity contribution is 0.145. The minimum Gasteiger partial charge on any atom is -0.393 e. The number of rotatable bonds is 3. The Bertz CT molecular complexity index is 312. The summed E-state index contributed by atoms with van der Waals surface area (Å²) in [5.41, 5.74) is 0.949. The molecular formula is C11H14Cl2O. The number of halogens is 2. The topological polar surface area (TPSA) is 20.2 Å². The number of hydrogen-bond acceptors (Lipinski definition) is 1. The molecule has 0 saturated heterocycles. The highest BCUT2D eigenvalue weighted by atomic mass is 35.5. The van der Waals surface area contributed by atoms with Crippen LogP contribution in [0.5, 0.6) is 0 Å². The Morgan fingerprint density at radius 3 is 2.50 bits per heavy atom. The summed E-state index contributed by atoms with van der Waals surface area (Å²) in [4.78, 5) is 0. The fourth-order valence-corrected chi connectivity index (χ4v) is 2.01. The van der Waals surface area contributed by atoms with Crippen molar-refractivity contribution >= 4 is 23.2 Å². The van der Waals surface area contributed by atoms with Crippen LogP contribution in [-0.2, 0) is 0 Å². The Kier molecular flexibility index (Phi) is 4.24. The first-order valence-electron chi connectivity index (χ1n) is 4.69. The first kappa shape index (κ1) is 11.8. The summed E-state index contributed by atoms with van der Waals surface area (Å²) in [5.74, 6) is 0.0461. The van der Waals surface area contributed by atoms with E-state index in [9.17, 15) is 5.11 Å². The third kappa shape index (κ3) is 2.63. The quantitative estimate of drug-likeness (QED) is 0.840. The van der Waals surface area contributed by atoms with Crippen LogP contribution in [0, 0.1) is 0 Å². The summed E-state index contributed by atoms with van der Waals surface area (Å²) < 4.78 is 0. The van der Waals surface area contributed by atoms with Crippen molar-refractivity contribution in [2.75, 3.05) is 0 Å². The van der Waals surface area contributed by atoms with E-state index in [4.69, 9.17) is 23.2 Å². The molecule has 1 aromatic carbocycles. The summed E-state index contributed by atoms with van der Waals surface area (Å²) in [6.45, 7) is 3.91. The van der Waals surface area contributed by atoms with Gasteiger partial charge >= 0.3 is 0 Å². The number of benzene rings is 1. The number of aliphatic hydroxyl groups is 1. The number of hydrogen-bond donors (Lipinski definition) is 1. The molecule has 0 aromatic heterocycles. The molecule has 0 aliphatic carbocycles. The SMILES string of the molecule is CCC(O)C(C)c1ccc(Cl)cc1Cl. The molecule has 1 N–H and O–H groups in total. The van der Waals surface area contributed by atoms with Crippen LogP contribution >= 0.6 is 23.2 Å². The molecule has 0 spiro atoms. The molecule has 0 saturated carbocycles. The smallest absolute Gasteiger partial charge is 0.0604 e. The highest BCUT2D eigenvalue weighted by molar-refractivity contribution is 6.35. The molecule has 3 heteroatoms. The fraction of sp³-hybridized carbons (Fsp3) is 0.455. The predicted octanol–water partition coefficient (Wildman–Crippen LogP) is 3.87. The van der Waals surface area contributed by atoms with Crippen molar-refractivity contribution in [2.24, 2.45) is 0 Å². The summed E-state index contributed by atoms with van der Waals surface area (Å²) >= 11 is 11.8. The van der Waals surface area contributed by atoms with E-state index >= 15 is 0 Å². The maximum Gasteiger partial charge on any atom is 0.0604 e. The molecule has 2 unspecified atom stereocenters. The van der Waals surface area contributed by atoms with Gasteiger partial charge in [-0.1, -0.05) is 43.1 Å². The van der Waals surface area contributed by atoms with Crippen LogP contribution in [0.15, 0.2) is 18.2 Å². The van der Waals surface area contributed by atoms with Gasteiger partial charge in [-0.25, -0.2) is 0 Å². The van der Waals surface area contributed by atoms with Crippen LogP contribution in [0.2, 0.25) is 10.0 Å². The minimum atomic E-state index is -0.353. The summed E-state index contributed by atoms with van der Waals surface area (Å²) in [6, 6.07) is 5.37. The molecule has 1 aromatic rings. The van der Waals surface area contributed by atoms with Gasteiger partial charge in [0.25, 0.3) is 0 Å². The van der Waals surface area contributed by atoms with Crippen molar-refractivity contribution in [2.45, 2.75) is 32.3 Å². The molecule has 0 bridgehead atoms. The van der Waals surface area contributed by atoms with Gasteiger partial charge in [-0.05, 0) is 24.1 Å². The molecule has 0 heterocycles. The van der Waals surface area contributed by atoms with Crippen molar-refractivity contribution in [3.63, 3.8) is 0 Å². The Morgan fingerprint density at radius 1 is 1.36 bits per heavy atom. The minimum absolute atomic E-state index is 0.0461. The van der Waals surface area contributed by atoms with E-state index < -0.39 is 0 Å². The van der Waals surface area contributed by atoms with E-state index in [1.54, 1.807) is 12.1 Å². The lowest BCUT2D eigenvalue weighted by atomic mass is 9.94. The van der Waals surface area contributed by atoms with Gasteiger partial charge in [0.05, 0.1) is 6.10 Å². The second-order valence-corrected chi connectivity index (χ2v) is 4.27. The van der Waals surface area contributed by atoms with Gasteiger partial charge < -0.3 is 5.11 Å². The highest BCUT2D eigenvalue weighted by Crippen LogP contribution is 2.30. The highest BCUT2D eigenvalue weighted by Gasteiger charge is 2.16. The maximum absolute atomic E-state index is 9.68. The van der Waals surface area contributed by atoms with Gasteiger partial charge in [0, 0.05) is 16.0 Å². The average Bonchev–Trinajstić information content (AvgIpc) is 2.15. The lowest BCUT2D eigenvalue weighted by Crippen LogP contribution is -2.14. The molecule has 0 aliphatic heterocycles. The zero-order valence-corrected chi connectivity index (χ0v) is 9.81. The standard InChI is InChI=1S/C11H14Cl2O/c1-3-11(14)7(2)9-5-4-8(12)6-10(9)13/h4-7,11,14H,3H2,1-2H3. The monoisotopic (exact) mass is 232 g/mol. The van der Waals surface area contributed by atoms with Crippen LogP contribution in [-0.4, -0.2) is 11.2 Å². The Morgan fingerprint density at radius 2 is 2.00 bits per heavy atom. The van der Waals surface area contributed by atoms with E-state index in [0.29, 0.717) is 10.0 Å². The van der Waals surface area contributed by atoms with Gasteiger partial charge in [-0.15, -0.1) is 0 Å². The first-order valence-corrected chi connectivity index (χ1v) is 5.44.